The summed E-state index contributed by atoms with van der Waals surface area (Å²) in [4.78, 5) is 11.7. The van der Waals surface area contributed by atoms with Gasteiger partial charge in [0.25, 0.3) is 0 Å². The number of ether oxygens (including phenoxy) is 1. The molecule has 0 spiro atoms. The van der Waals surface area contributed by atoms with Crippen LogP contribution in [-0.2, 0) is 13.0 Å². The molecule has 3 N–H and O–H groups in total. The fourth-order valence-electron chi connectivity index (χ4n) is 2.15. The van der Waals surface area contributed by atoms with Gasteiger partial charge in [0.05, 0.1) is 12.7 Å². The first-order chi connectivity index (χ1) is 9.97. The number of aliphatic hydroxyl groups is 1. The summed E-state index contributed by atoms with van der Waals surface area (Å²) in [6.07, 6.45) is 0.296. The highest BCUT2D eigenvalue weighted by Crippen LogP contribution is 2.32. The van der Waals surface area contributed by atoms with E-state index >= 15 is 0 Å². The summed E-state index contributed by atoms with van der Waals surface area (Å²) in [5, 5.41) is 15.7. The predicted octanol–water partition coefficient (Wildman–Crippen LogP) is 2.09. The molecule has 21 heavy (non-hydrogen) atoms. The van der Waals surface area contributed by atoms with Crippen LogP contribution in [0.2, 0.25) is 5.02 Å². The van der Waals surface area contributed by atoms with Crippen LogP contribution in [0.15, 0.2) is 12.1 Å². The van der Waals surface area contributed by atoms with Crippen LogP contribution in [0.25, 0.3) is 0 Å². The van der Waals surface area contributed by atoms with Crippen molar-refractivity contribution in [3.63, 3.8) is 0 Å². The molecule has 6 heteroatoms. The predicted molar refractivity (Wildman–Crippen MR) is 81.7 cm³/mol. The molecule has 2 amide bonds. The zero-order chi connectivity index (χ0) is 15.4. The fraction of sp³-hybridized carbons (Fsp3) is 0.533. The Bertz CT molecular complexity index is 520. The van der Waals surface area contributed by atoms with Crippen LogP contribution >= 0.6 is 11.6 Å². The van der Waals surface area contributed by atoms with Crippen LogP contribution in [0.5, 0.6) is 5.75 Å². The molecule has 0 unspecified atom stereocenters. The Morgan fingerprint density at radius 3 is 2.90 bits per heavy atom. The Balaban J connectivity index is 1.87. The fourth-order valence-corrected chi connectivity index (χ4v) is 2.41. The minimum Gasteiger partial charge on any atom is -0.493 e. The maximum absolute atomic E-state index is 11.7. The SMILES string of the molecule is CC(C)[C@H](O)CNC(=O)NCc1cc(Cl)cc2c1OCC2. The van der Waals surface area contributed by atoms with Gasteiger partial charge in [-0.05, 0) is 23.6 Å². The van der Waals surface area contributed by atoms with E-state index in [4.69, 9.17) is 16.3 Å². The van der Waals surface area contributed by atoms with Gasteiger partial charge in [-0.2, -0.15) is 0 Å². The molecule has 0 saturated heterocycles. The highest BCUT2D eigenvalue weighted by Gasteiger charge is 2.18. The maximum atomic E-state index is 11.7. The average Bonchev–Trinajstić information content (AvgIpc) is 2.89. The minimum absolute atomic E-state index is 0.106. The number of hydrogen-bond donors (Lipinski definition) is 3. The second kappa shape index (κ2) is 7.00. The number of fused-ring (bicyclic) bond motifs is 1. The Labute approximate surface area is 129 Å². The van der Waals surface area contributed by atoms with Crippen LogP contribution in [-0.4, -0.2) is 30.4 Å². The highest BCUT2D eigenvalue weighted by molar-refractivity contribution is 6.30. The standard InChI is InChI=1S/C15H21ClN2O3/c1-9(2)13(19)8-18-15(20)17-7-11-6-12(16)5-10-3-4-21-14(10)11/h5-6,9,13,19H,3-4,7-8H2,1-2H3,(H2,17,18,20)/t13-/m1/s1. The number of benzene rings is 1. The Kier molecular flexibility index (Phi) is 5.31. The van der Waals surface area contributed by atoms with E-state index < -0.39 is 6.10 Å². The molecule has 0 aromatic heterocycles. The first kappa shape index (κ1) is 15.9. The van der Waals surface area contributed by atoms with E-state index in [1.165, 1.54) is 0 Å². The van der Waals surface area contributed by atoms with Gasteiger partial charge in [0.1, 0.15) is 5.75 Å². The van der Waals surface area contributed by atoms with Crippen molar-refractivity contribution in [2.75, 3.05) is 13.2 Å². The van der Waals surface area contributed by atoms with E-state index in [0.717, 1.165) is 23.3 Å². The lowest BCUT2D eigenvalue weighted by atomic mass is 10.1. The molecule has 0 radical (unpaired) electrons. The number of carbonyl (C=O) groups is 1. The molecule has 5 nitrogen and oxygen atoms in total. The molecule has 1 aliphatic rings. The zero-order valence-corrected chi connectivity index (χ0v) is 13.0. The number of halogens is 1. The van der Waals surface area contributed by atoms with Gasteiger partial charge in [-0.15, -0.1) is 0 Å². The summed E-state index contributed by atoms with van der Waals surface area (Å²) < 4.78 is 5.58. The Hall–Kier alpha value is -1.46. The van der Waals surface area contributed by atoms with Gasteiger partial charge in [-0.3, -0.25) is 0 Å². The first-order valence-electron chi connectivity index (χ1n) is 7.11. The largest absolute Gasteiger partial charge is 0.493 e. The van der Waals surface area contributed by atoms with E-state index in [1.807, 2.05) is 19.9 Å². The molecule has 1 atom stereocenters. The lowest BCUT2D eigenvalue weighted by molar-refractivity contribution is 0.125. The third-order valence-corrected chi connectivity index (χ3v) is 3.72. The number of aliphatic hydroxyl groups excluding tert-OH is 1. The lowest BCUT2D eigenvalue weighted by Gasteiger charge is -2.16. The molecular formula is C15H21ClN2O3. The number of nitrogens with one attached hydrogen (secondary N) is 2. The topological polar surface area (TPSA) is 70.6 Å². The average molecular weight is 313 g/mol. The molecule has 116 valence electrons. The molecule has 1 aromatic carbocycles. The smallest absolute Gasteiger partial charge is 0.315 e. The second-order valence-corrected chi connectivity index (χ2v) is 5.96. The number of hydrogen-bond acceptors (Lipinski definition) is 3. The molecule has 0 saturated carbocycles. The van der Waals surface area contributed by atoms with E-state index in [9.17, 15) is 9.90 Å². The van der Waals surface area contributed by atoms with Crippen LogP contribution in [0.3, 0.4) is 0 Å². The van der Waals surface area contributed by atoms with E-state index in [1.54, 1.807) is 6.07 Å². The molecule has 0 bridgehead atoms. The Morgan fingerprint density at radius 2 is 2.19 bits per heavy atom. The highest BCUT2D eigenvalue weighted by atomic mass is 35.5. The van der Waals surface area contributed by atoms with Crippen molar-refractivity contribution in [1.29, 1.82) is 0 Å². The van der Waals surface area contributed by atoms with Gasteiger partial charge in [0.15, 0.2) is 0 Å². The summed E-state index contributed by atoms with van der Waals surface area (Å²) in [7, 11) is 0. The van der Waals surface area contributed by atoms with Crippen molar-refractivity contribution in [2.45, 2.75) is 32.9 Å². The Morgan fingerprint density at radius 1 is 1.43 bits per heavy atom. The third kappa shape index (κ3) is 4.25. The van der Waals surface area contributed by atoms with Crippen molar-refractivity contribution < 1.29 is 14.6 Å². The van der Waals surface area contributed by atoms with E-state index in [2.05, 4.69) is 10.6 Å². The van der Waals surface area contributed by atoms with Gasteiger partial charge in [0.2, 0.25) is 0 Å². The third-order valence-electron chi connectivity index (χ3n) is 3.51. The zero-order valence-electron chi connectivity index (χ0n) is 12.3. The van der Waals surface area contributed by atoms with Crippen molar-refractivity contribution >= 4 is 17.6 Å². The normalized spacial score (nSPS) is 14.5. The number of amides is 2. The van der Waals surface area contributed by atoms with Gasteiger partial charge >= 0.3 is 6.03 Å². The van der Waals surface area contributed by atoms with Crippen molar-refractivity contribution in [3.8, 4) is 5.75 Å². The van der Waals surface area contributed by atoms with Crippen molar-refractivity contribution in [2.24, 2.45) is 5.92 Å². The molecular weight excluding hydrogens is 292 g/mol. The lowest BCUT2D eigenvalue weighted by Crippen LogP contribution is -2.40. The van der Waals surface area contributed by atoms with Crippen molar-refractivity contribution in [3.05, 3.63) is 28.3 Å². The summed E-state index contributed by atoms with van der Waals surface area (Å²) >= 11 is 6.06. The number of carbonyl (C=O) groups excluding carboxylic acids is 1. The van der Waals surface area contributed by atoms with Crippen molar-refractivity contribution in [1.82, 2.24) is 10.6 Å². The summed E-state index contributed by atoms with van der Waals surface area (Å²) in [5.74, 6) is 0.928. The minimum atomic E-state index is -0.547. The van der Waals surface area contributed by atoms with Crippen LogP contribution in [0.4, 0.5) is 4.79 Å². The number of urea groups is 1. The van der Waals surface area contributed by atoms with E-state index in [0.29, 0.717) is 18.2 Å². The van der Waals surface area contributed by atoms with E-state index in [-0.39, 0.29) is 18.5 Å². The quantitative estimate of drug-likeness (QED) is 0.779. The van der Waals surface area contributed by atoms with Crippen LogP contribution in [0.1, 0.15) is 25.0 Å². The van der Waals surface area contributed by atoms with Gasteiger partial charge in [-0.1, -0.05) is 25.4 Å². The summed E-state index contributed by atoms with van der Waals surface area (Å²) in [6.45, 7) is 5.02. The molecule has 2 rings (SSSR count). The molecule has 1 aliphatic heterocycles. The number of rotatable bonds is 5. The molecule has 0 fully saturated rings. The molecule has 0 aliphatic carbocycles. The van der Waals surface area contributed by atoms with Gasteiger partial charge in [0, 0.05) is 30.1 Å². The van der Waals surface area contributed by atoms with Gasteiger partial charge in [-0.25, -0.2) is 4.79 Å². The first-order valence-corrected chi connectivity index (χ1v) is 7.49. The summed E-state index contributed by atoms with van der Waals surface area (Å²) in [5.41, 5.74) is 1.95. The van der Waals surface area contributed by atoms with Crippen LogP contribution in [0, 0.1) is 5.92 Å². The molecule has 1 heterocycles. The van der Waals surface area contributed by atoms with Crippen LogP contribution < -0.4 is 15.4 Å². The summed E-state index contributed by atoms with van der Waals surface area (Å²) in [6, 6.07) is 3.38. The second-order valence-electron chi connectivity index (χ2n) is 5.53. The van der Waals surface area contributed by atoms with Gasteiger partial charge < -0.3 is 20.5 Å². The maximum Gasteiger partial charge on any atom is 0.315 e. The molecule has 1 aromatic rings. The monoisotopic (exact) mass is 312 g/mol.